The molecule has 24 heavy (non-hydrogen) atoms. The molecule has 0 aliphatic rings. The summed E-state index contributed by atoms with van der Waals surface area (Å²) in [5.41, 5.74) is 3.48. The summed E-state index contributed by atoms with van der Waals surface area (Å²) in [4.78, 5) is 11.4. The molecule has 0 radical (unpaired) electrons. The van der Waals surface area contributed by atoms with Crippen LogP contribution in [-0.4, -0.2) is 35.9 Å². The van der Waals surface area contributed by atoms with Crippen LogP contribution in [0.3, 0.4) is 0 Å². The van der Waals surface area contributed by atoms with Gasteiger partial charge in [0, 0.05) is 13.2 Å². The molecule has 5 heteroatoms. The minimum Gasteiger partial charge on any atom is -0.479 e. The fourth-order valence-corrected chi connectivity index (χ4v) is 2.69. The molecule has 3 N–H and O–H groups in total. The van der Waals surface area contributed by atoms with Crippen molar-refractivity contribution in [1.82, 2.24) is 5.32 Å². The van der Waals surface area contributed by atoms with E-state index in [-0.39, 0.29) is 6.61 Å². The van der Waals surface area contributed by atoms with Gasteiger partial charge in [-0.15, -0.1) is 0 Å². The minimum absolute atomic E-state index is 0.220. The van der Waals surface area contributed by atoms with Crippen molar-refractivity contribution in [3.8, 4) is 11.1 Å². The summed E-state index contributed by atoms with van der Waals surface area (Å²) in [5.74, 6) is -1.17. The lowest BCUT2D eigenvalue weighted by Gasteiger charge is -2.22. The van der Waals surface area contributed by atoms with Crippen molar-refractivity contribution < 1.29 is 19.7 Å². The lowest BCUT2D eigenvalue weighted by molar-refractivity contribution is -0.158. The van der Waals surface area contributed by atoms with Crippen LogP contribution in [0, 0.1) is 0 Å². The number of rotatable bonds is 8. The number of aliphatic carboxylic acids is 1. The van der Waals surface area contributed by atoms with E-state index in [0.717, 1.165) is 16.7 Å². The van der Waals surface area contributed by atoms with E-state index in [1.165, 1.54) is 0 Å². The molecule has 0 saturated heterocycles. The van der Waals surface area contributed by atoms with Crippen LogP contribution in [0.4, 0.5) is 0 Å². The Bertz CT molecular complexity index is 672. The van der Waals surface area contributed by atoms with Gasteiger partial charge in [-0.05, 0) is 42.3 Å². The molecule has 5 nitrogen and oxygen atoms in total. The van der Waals surface area contributed by atoms with Crippen molar-refractivity contribution in [2.75, 3.05) is 13.7 Å². The van der Waals surface area contributed by atoms with Gasteiger partial charge in [0.05, 0.1) is 0 Å². The van der Waals surface area contributed by atoms with Gasteiger partial charge in [0.25, 0.3) is 0 Å². The van der Waals surface area contributed by atoms with E-state index in [2.05, 4.69) is 5.32 Å². The third-order valence-corrected chi connectivity index (χ3v) is 3.81. The Labute approximate surface area is 141 Å². The highest BCUT2D eigenvalue weighted by Gasteiger charge is 2.29. The van der Waals surface area contributed by atoms with Gasteiger partial charge >= 0.3 is 5.97 Å². The van der Waals surface area contributed by atoms with Crippen molar-refractivity contribution in [1.29, 1.82) is 0 Å². The highest BCUT2D eigenvalue weighted by molar-refractivity contribution is 5.74. The molecule has 0 aliphatic heterocycles. The molecule has 0 heterocycles. The van der Waals surface area contributed by atoms with Crippen LogP contribution in [0.25, 0.3) is 11.1 Å². The number of carboxylic acid groups (broad SMARTS) is 1. The summed E-state index contributed by atoms with van der Waals surface area (Å²) in [6.45, 7) is 2.44. The molecule has 0 aromatic heterocycles. The highest BCUT2D eigenvalue weighted by Crippen LogP contribution is 2.28. The molecule has 0 amide bonds. The molecule has 2 aromatic rings. The predicted octanol–water partition coefficient (Wildman–Crippen LogP) is 2.60. The molecule has 0 bridgehead atoms. The Morgan fingerprint density at radius 2 is 1.88 bits per heavy atom. The number of carbonyl (C=O) groups is 1. The molecular weight excluding hydrogens is 306 g/mol. The van der Waals surface area contributed by atoms with Crippen LogP contribution < -0.4 is 5.32 Å². The number of carboxylic acids is 1. The summed E-state index contributed by atoms with van der Waals surface area (Å²) < 4.78 is 5.20. The summed E-state index contributed by atoms with van der Waals surface area (Å²) in [5, 5.41) is 22.9. The van der Waals surface area contributed by atoms with Crippen LogP contribution in [0.1, 0.15) is 24.2 Å². The third-order valence-electron chi connectivity index (χ3n) is 3.81. The van der Waals surface area contributed by atoms with Gasteiger partial charge in [-0.25, -0.2) is 4.79 Å². The quantitative estimate of drug-likeness (QED) is 0.694. The average Bonchev–Trinajstić information content (AvgIpc) is 2.60. The van der Waals surface area contributed by atoms with Crippen LogP contribution in [0.5, 0.6) is 0 Å². The van der Waals surface area contributed by atoms with Gasteiger partial charge in [0.2, 0.25) is 0 Å². The zero-order valence-corrected chi connectivity index (χ0v) is 13.9. The number of aliphatic hydroxyl groups excluding tert-OH is 1. The molecule has 2 atom stereocenters. The first kappa shape index (κ1) is 18.1. The van der Waals surface area contributed by atoms with E-state index in [1.807, 2.05) is 49.5 Å². The standard InChI is InChI=1S/C19H23NO4/c1-3-24-18(19(22)23)17(21)16-10-9-14(11-15(16)12-20-2)13-7-5-4-6-8-13/h4-11,17-18,20-21H,3,12H2,1-2H3,(H,22,23). The Kier molecular flexibility index (Phi) is 6.49. The second-order valence-electron chi connectivity index (χ2n) is 5.47. The highest BCUT2D eigenvalue weighted by atomic mass is 16.5. The second-order valence-corrected chi connectivity index (χ2v) is 5.47. The smallest absolute Gasteiger partial charge is 0.335 e. The number of ether oxygens (including phenoxy) is 1. The second kappa shape index (κ2) is 8.59. The van der Waals surface area contributed by atoms with Crippen molar-refractivity contribution in [2.45, 2.75) is 25.7 Å². The van der Waals surface area contributed by atoms with Crippen molar-refractivity contribution in [3.05, 3.63) is 59.7 Å². The van der Waals surface area contributed by atoms with E-state index >= 15 is 0 Å². The van der Waals surface area contributed by atoms with Crippen molar-refractivity contribution in [3.63, 3.8) is 0 Å². The zero-order chi connectivity index (χ0) is 17.5. The first-order valence-electron chi connectivity index (χ1n) is 7.93. The molecule has 2 unspecified atom stereocenters. The maximum atomic E-state index is 11.4. The van der Waals surface area contributed by atoms with Gasteiger partial charge in [-0.2, -0.15) is 0 Å². The molecular formula is C19H23NO4. The fourth-order valence-electron chi connectivity index (χ4n) is 2.69. The van der Waals surface area contributed by atoms with E-state index in [4.69, 9.17) is 4.74 Å². The van der Waals surface area contributed by atoms with E-state index < -0.39 is 18.2 Å². The number of hydrogen-bond acceptors (Lipinski definition) is 4. The maximum absolute atomic E-state index is 11.4. The molecule has 0 fully saturated rings. The van der Waals surface area contributed by atoms with E-state index in [0.29, 0.717) is 12.1 Å². The third kappa shape index (κ3) is 4.20. The molecule has 0 aliphatic carbocycles. The van der Waals surface area contributed by atoms with Gasteiger partial charge in [-0.3, -0.25) is 0 Å². The average molecular weight is 329 g/mol. The molecule has 128 valence electrons. The van der Waals surface area contributed by atoms with Crippen molar-refractivity contribution >= 4 is 5.97 Å². The van der Waals surface area contributed by atoms with Crippen LogP contribution >= 0.6 is 0 Å². The van der Waals surface area contributed by atoms with Crippen molar-refractivity contribution in [2.24, 2.45) is 0 Å². The van der Waals surface area contributed by atoms with Crippen LogP contribution in [-0.2, 0) is 16.1 Å². The predicted molar refractivity (Wildman–Crippen MR) is 92.7 cm³/mol. The Morgan fingerprint density at radius 3 is 2.46 bits per heavy atom. The summed E-state index contributed by atoms with van der Waals surface area (Å²) in [6.07, 6.45) is -2.51. The minimum atomic E-state index is -1.28. The van der Waals surface area contributed by atoms with Gasteiger partial charge in [0.1, 0.15) is 6.10 Å². The Morgan fingerprint density at radius 1 is 1.17 bits per heavy atom. The topological polar surface area (TPSA) is 78.8 Å². The monoisotopic (exact) mass is 329 g/mol. The van der Waals surface area contributed by atoms with Crippen LogP contribution in [0.2, 0.25) is 0 Å². The largest absolute Gasteiger partial charge is 0.479 e. The van der Waals surface area contributed by atoms with Gasteiger partial charge < -0.3 is 20.3 Å². The number of nitrogens with one attached hydrogen (secondary N) is 1. The first-order chi connectivity index (χ1) is 11.6. The number of hydrogen-bond donors (Lipinski definition) is 3. The Hall–Kier alpha value is -2.21. The fraction of sp³-hybridized carbons (Fsp3) is 0.316. The Balaban J connectivity index is 2.40. The molecule has 0 spiro atoms. The summed E-state index contributed by atoms with van der Waals surface area (Å²) in [7, 11) is 1.81. The first-order valence-corrected chi connectivity index (χ1v) is 7.93. The van der Waals surface area contributed by atoms with E-state index in [1.54, 1.807) is 13.0 Å². The maximum Gasteiger partial charge on any atom is 0.335 e. The normalized spacial score (nSPS) is 13.5. The van der Waals surface area contributed by atoms with Gasteiger partial charge in [0.15, 0.2) is 6.10 Å². The molecule has 2 rings (SSSR count). The lowest BCUT2D eigenvalue weighted by Crippen LogP contribution is -2.32. The SMILES string of the molecule is CCOC(C(=O)O)C(O)c1ccc(-c2ccccc2)cc1CNC. The van der Waals surface area contributed by atoms with E-state index in [9.17, 15) is 15.0 Å². The van der Waals surface area contributed by atoms with Gasteiger partial charge in [-0.1, -0.05) is 42.5 Å². The summed E-state index contributed by atoms with van der Waals surface area (Å²) in [6, 6.07) is 15.5. The summed E-state index contributed by atoms with van der Waals surface area (Å²) >= 11 is 0. The molecule has 0 saturated carbocycles. The van der Waals surface area contributed by atoms with Crippen LogP contribution in [0.15, 0.2) is 48.5 Å². The number of benzene rings is 2. The molecule has 2 aromatic carbocycles. The lowest BCUT2D eigenvalue weighted by atomic mass is 9.94. The number of aliphatic hydroxyl groups is 1. The zero-order valence-electron chi connectivity index (χ0n) is 13.9.